The van der Waals surface area contributed by atoms with Gasteiger partial charge in [-0.25, -0.2) is 0 Å². The first kappa shape index (κ1) is 12.0. The third-order valence-electron chi connectivity index (χ3n) is 1.89. The number of hydrogen-bond donors (Lipinski definition) is 0. The average Bonchev–Trinajstić information content (AvgIpc) is 2.06. The standard InChI is InChI=1S/C10H20OS/c1-3-5-6-7-10(8-9-11)12-4-2/h9-10H,3-8H2,1-2H3/t10-/m0/s1. The highest BCUT2D eigenvalue weighted by Gasteiger charge is 2.06. The fourth-order valence-electron chi connectivity index (χ4n) is 1.23. The van der Waals surface area contributed by atoms with Crippen LogP contribution in [0.15, 0.2) is 0 Å². The Labute approximate surface area is 80.3 Å². The highest BCUT2D eigenvalue weighted by atomic mass is 32.2. The minimum Gasteiger partial charge on any atom is -0.303 e. The summed E-state index contributed by atoms with van der Waals surface area (Å²) < 4.78 is 0. The summed E-state index contributed by atoms with van der Waals surface area (Å²) in [5.41, 5.74) is 0. The lowest BCUT2D eigenvalue weighted by Crippen LogP contribution is -2.03. The van der Waals surface area contributed by atoms with Crippen molar-refractivity contribution in [3.05, 3.63) is 0 Å². The van der Waals surface area contributed by atoms with Crippen LogP contribution in [0, 0.1) is 0 Å². The number of unbranched alkanes of at least 4 members (excludes halogenated alkanes) is 2. The molecule has 1 nitrogen and oxygen atoms in total. The van der Waals surface area contributed by atoms with Gasteiger partial charge in [-0.3, -0.25) is 0 Å². The molecule has 0 saturated carbocycles. The van der Waals surface area contributed by atoms with Gasteiger partial charge in [-0.05, 0) is 12.2 Å². The van der Waals surface area contributed by atoms with E-state index in [1.807, 2.05) is 11.8 Å². The Morgan fingerprint density at radius 1 is 1.33 bits per heavy atom. The quantitative estimate of drug-likeness (QED) is 0.429. The molecule has 0 radical (unpaired) electrons. The van der Waals surface area contributed by atoms with E-state index < -0.39 is 0 Å². The van der Waals surface area contributed by atoms with Crippen LogP contribution in [0.25, 0.3) is 0 Å². The van der Waals surface area contributed by atoms with E-state index in [4.69, 9.17) is 0 Å². The van der Waals surface area contributed by atoms with E-state index in [9.17, 15) is 4.79 Å². The molecule has 12 heavy (non-hydrogen) atoms. The van der Waals surface area contributed by atoms with Gasteiger partial charge in [-0.1, -0.05) is 33.1 Å². The van der Waals surface area contributed by atoms with Gasteiger partial charge in [0.1, 0.15) is 6.29 Å². The third-order valence-corrected chi connectivity index (χ3v) is 3.12. The topological polar surface area (TPSA) is 17.1 Å². The zero-order chi connectivity index (χ0) is 9.23. The fourth-order valence-corrected chi connectivity index (χ4v) is 2.25. The van der Waals surface area contributed by atoms with E-state index in [1.54, 1.807) is 0 Å². The average molecular weight is 188 g/mol. The largest absolute Gasteiger partial charge is 0.303 e. The molecule has 0 aliphatic rings. The number of rotatable bonds is 8. The monoisotopic (exact) mass is 188 g/mol. The first-order valence-electron chi connectivity index (χ1n) is 4.90. The molecule has 0 heterocycles. The molecule has 0 bridgehead atoms. The van der Waals surface area contributed by atoms with E-state index in [-0.39, 0.29) is 0 Å². The van der Waals surface area contributed by atoms with Crippen molar-refractivity contribution < 1.29 is 4.79 Å². The Bertz CT molecular complexity index is 104. The predicted octanol–water partition coefficient (Wildman–Crippen LogP) is 3.28. The molecular weight excluding hydrogens is 168 g/mol. The maximum Gasteiger partial charge on any atom is 0.121 e. The summed E-state index contributed by atoms with van der Waals surface area (Å²) in [6.07, 6.45) is 6.86. The molecule has 72 valence electrons. The van der Waals surface area contributed by atoms with Crippen molar-refractivity contribution in [3.8, 4) is 0 Å². The molecule has 0 aromatic carbocycles. The second-order valence-electron chi connectivity index (χ2n) is 2.98. The van der Waals surface area contributed by atoms with Crippen molar-refractivity contribution in [2.45, 2.75) is 51.2 Å². The van der Waals surface area contributed by atoms with Gasteiger partial charge in [0.2, 0.25) is 0 Å². The Balaban J connectivity index is 3.40. The van der Waals surface area contributed by atoms with Crippen LogP contribution in [-0.4, -0.2) is 17.3 Å². The molecule has 0 aliphatic carbocycles. The van der Waals surface area contributed by atoms with Crippen LogP contribution in [0.1, 0.15) is 46.0 Å². The van der Waals surface area contributed by atoms with Crippen molar-refractivity contribution in [2.24, 2.45) is 0 Å². The molecule has 0 fully saturated rings. The minimum atomic E-state index is 0.582. The number of aldehydes is 1. The number of carbonyl (C=O) groups excluding carboxylic acids is 1. The third kappa shape index (κ3) is 6.71. The van der Waals surface area contributed by atoms with Crippen LogP contribution in [0.4, 0.5) is 0 Å². The molecule has 2 heteroatoms. The zero-order valence-electron chi connectivity index (χ0n) is 8.21. The predicted molar refractivity (Wildman–Crippen MR) is 56.7 cm³/mol. The van der Waals surface area contributed by atoms with Crippen LogP contribution in [0.2, 0.25) is 0 Å². The summed E-state index contributed by atoms with van der Waals surface area (Å²) >= 11 is 1.92. The van der Waals surface area contributed by atoms with Crippen LogP contribution >= 0.6 is 11.8 Å². The lowest BCUT2D eigenvalue weighted by atomic mass is 10.1. The summed E-state index contributed by atoms with van der Waals surface area (Å²) in [5.74, 6) is 1.13. The maximum absolute atomic E-state index is 10.3. The highest BCUT2D eigenvalue weighted by Crippen LogP contribution is 2.19. The van der Waals surface area contributed by atoms with Crippen LogP contribution < -0.4 is 0 Å². The smallest absolute Gasteiger partial charge is 0.121 e. The SMILES string of the molecule is CCCCC[C@@H](CC=O)SCC. The summed E-state index contributed by atoms with van der Waals surface area (Å²) in [5, 5.41) is 0.582. The molecule has 0 aliphatic heterocycles. The fraction of sp³-hybridized carbons (Fsp3) is 0.900. The molecule has 0 rings (SSSR count). The molecule has 0 aromatic heterocycles. The first-order valence-corrected chi connectivity index (χ1v) is 5.95. The lowest BCUT2D eigenvalue weighted by molar-refractivity contribution is -0.107. The Kier molecular flexibility index (Phi) is 9.13. The molecule has 0 saturated heterocycles. The van der Waals surface area contributed by atoms with Gasteiger partial charge in [0.25, 0.3) is 0 Å². The molecule has 0 amide bonds. The van der Waals surface area contributed by atoms with Gasteiger partial charge in [0.05, 0.1) is 0 Å². The molecule has 0 unspecified atom stereocenters. The summed E-state index contributed by atoms with van der Waals surface area (Å²) in [7, 11) is 0. The molecule has 1 atom stereocenters. The van der Waals surface area contributed by atoms with Crippen LogP contribution in [0.3, 0.4) is 0 Å². The number of carbonyl (C=O) groups is 1. The zero-order valence-corrected chi connectivity index (χ0v) is 9.03. The summed E-state index contributed by atoms with van der Waals surface area (Å²) in [6.45, 7) is 4.37. The summed E-state index contributed by atoms with van der Waals surface area (Å²) in [6, 6.07) is 0. The van der Waals surface area contributed by atoms with Gasteiger partial charge in [-0.2, -0.15) is 11.8 Å². The van der Waals surface area contributed by atoms with E-state index in [2.05, 4.69) is 13.8 Å². The maximum atomic E-state index is 10.3. The van der Waals surface area contributed by atoms with Crippen molar-refractivity contribution in [1.82, 2.24) is 0 Å². The van der Waals surface area contributed by atoms with Gasteiger partial charge >= 0.3 is 0 Å². The van der Waals surface area contributed by atoms with E-state index in [1.165, 1.54) is 25.7 Å². The Morgan fingerprint density at radius 2 is 2.08 bits per heavy atom. The normalized spacial score (nSPS) is 12.8. The van der Waals surface area contributed by atoms with Crippen molar-refractivity contribution in [2.75, 3.05) is 5.75 Å². The van der Waals surface area contributed by atoms with Gasteiger partial charge < -0.3 is 4.79 Å². The Hall–Kier alpha value is 0.0200. The van der Waals surface area contributed by atoms with Crippen molar-refractivity contribution in [1.29, 1.82) is 0 Å². The molecular formula is C10H20OS. The van der Waals surface area contributed by atoms with E-state index in [0.29, 0.717) is 5.25 Å². The minimum absolute atomic E-state index is 0.582. The highest BCUT2D eigenvalue weighted by molar-refractivity contribution is 7.99. The van der Waals surface area contributed by atoms with Crippen molar-refractivity contribution >= 4 is 18.0 Å². The molecule has 0 N–H and O–H groups in total. The molecule has 0 aromatic rings. The van der Waals surface area contributed by atoms with E-state index >= 15 is 0 Å². The summed E-state index contributed by atoms with van der Waals surface area (Å²) in [4.78, 5) is 10.3. The van der Waals surface area contributed by atoms with Gasteiger partial charge in [-0.15, -0.1) is 0 Å². The van der Waals surface area contributed by atoms with E-state index in [0.717, 1.165) is 18.5 Å². The number of hydrogen-bond acceptors (Lipinski definition) is 2. The second-order valence-corrected chi connectivity index (χ2v) is 4.55. The van der Waals surface area contributed by atoms with Gasteiger partial charge in [0.15, 0.2) is 0 Å². The Morgan fingerprint density at radius 3 is 2.58 bits per heavy atom. The van der Waals surface area contributed by atoms with Crippen molar-refractivity contribution in [3.63, 3.8) is 0 Å². The van der Waals surface area contributed by atoms with Crippen LogP contribution in [-0.2, 0) is 4.79 Å². The first-order chi connectivity index (χ1) is 5.85. The van der Waals surface area contributed by atoms with Gasteiger partial charge in [0, 0.05) is 11.7 Å². The van der Waals surface area contributed by atoms with Crippen LogP contribution in [0.5, 0.6) is 0 Å². The second kappa shape index (κ2) is 9.11. The number of thioether (sulfide) groups is 1. The molecule has 0 spiro atoms. The lowest BCUT2D eigenvalue weighted by Gasteiger charge is -2.11.